The third-order valence-corrected chi connectivity index (χ3v) is 6.53. The molecular weight excluding hydrogens is 469 g/mol. The van der Waals surface area contributed by atoms with Crippen molar-refractivity contribution >= 4 is 17.5 Å². The molecule has 6 nitrogen and oxygen atoms in total. The molecule has 2 unspecified atom stereocenters. The predicted molar refractivity (Wildman–Crippen MR) is 121 cm³/mol. The molecule has 3 heterocycles. The van der Waals surface area contributed by atoms with Gasteiger partial charge in [0.1, 0.15) is 17.7 Å². The Hall–Kier alpha value is -3.07. The fourth-order valence-corrected chi connectivity index (χ4v) is 4.90. The fourth-order valence-electron chi connectivity index (χ4n) is 4.73. The van der Waals surface area contributed by atoms with Crippen LogP contribution in [0.3, 0.4) is 0 Å². The van der Waals surface area contributed by atoms with E-state index in [9.17, 15) is 13.2 Å². The number of rotatable bonds is 4. The lowest BCUT2D eigenvalue weighted by atomic mass is 9.87. The standard InChI is InChI=1S/C24H22ClF3N4O2/c1-13-29-12-21(34-13)18-7-5-14(10-20(18)33-2)22-30-31-23-17(4-3-9-32(22)23)16-8-6-15(25)11-19(16)24(26,27)28/h5-8,10-11,17,21H,3-4,9,12H2,1-2H3. The molecule has 2 atom stereocenters. The van der Waals surface area contributed by atoms with Crippen LogP contribution in [-0.2, 0) is 17.5 Å². The molecule has 2 aliphatic heterocycles. The molecule has 2 aromatic carbocycles. The van der Waals surface area contributed by atoms with Gasteiger partial charge in [0.25, 0.3) is 0 Å². The van der Waals surface area contributed by atoms with Crippen LogP contribution in [-0.4, -0.2) is 34.3 Å². The SMILES string of the molecule is COc1cc(-c2nnc3n2CCCC3c2ccc(Cl)cc2C(F)(F)F)ccc1C1CN=C(C)O1. The van der Waals surface area contributed by atoms with Crippen molar-refractivity contribution in [2.75, 3.05) is 13.7 Å². The van der Waals surface area contributed by atoms with Crippen LogP contribution < -0.4 is 4.74 Å². The van der Waals surface area contributed by atoms with Crippen LogP contribution in [0.5, 0.6) is 5.75 Å². The molecule has 0 spiro atoms. The first-order valence-electron chi connectivity index (χ1n) is 10.9. The maximum atomic E-state index is 13.8. The number of aliphatic imine (C=N–C) groups is 1. The third kappa shape index (κ3) is 4.02. The highest BCUT2D eigenvalue weighted by Crippen LogP contribution is 2.43. The lowest BCUT2D eigenvalue weighted by Crippen LogP contribution is -2.21. The van der Waals surface area contributed by atoms with Crippen molar-refractivity contribution in [3.05, 3.63) is 63.9 Å². The van der Waals surface area contributed by atoms with Crippen LogP contribution in [0.4, 0.5) is 13.2 Å². The van der Waals surface area contributed by atoms with Gasteiger partial charge in [0.2, 0.25) is 0 Å². The van der Waals surface area contributed by atoms with Gasteiger partial charge in [-0.2, -0.15) is 13.2 Å². The predicted octanol–water partition coefficient (Wildman–Crippen LogP) is 6.04. The van der Waals surface area contributed by atoms with Crippen molar-refractivity contribution in [2.45, 2.75) is 44.5 Å². The number of fused-ring (bicyclic) bond motifs is 1. The number of ether oxygens (including phenoxy) is 2. The first-order chi connectivity index (χ1) is 16.3. The Morgan fingerprint density at radius 2 is 1.91 bits per heavy atom. The van der Waals surface area contributed by atoms with Crippen molar-refractivity contribution in [1.29, 1.82) is 0 Å². The maximum absolute atomic E-state index is 13.8. The molecule has 3 aromatic rings. The Bertz CT molecular complexity index is 1270. The number of alkyl halides is 3. The highest BCUT2D eigenvalue weighted by Gasteiger charge is 2.38. The van der Waals surface area contributed by atoms with Gasteiger partial charge in [0.05, 0.1) is 19.2 Å². The van der Waals surface area contributed by atoms with Gasteiger partial charge in [0.15, 0.2) is 11.7 Å². The average molecular weight is 491 g/mol. The van der Waals surface area contributed by atoms with E-state index in [2.05, 4.69) is 15.2 Å². The molecule has 34 heavy (non-hydrogen) atoms. The number of aromatic nitrogens is 3. The highest BCUT2D eigenvalue weighted by molar-refractivity contribution is 6.30. The van der Waals surface area contributed by atoms with Crippen molar-refractivity contribution in [2.24, 2.45) is 4.99 Å². The molecule has 0 aliphatic carbocycles. The van der Waals surface area contributed by atoms with Gasteiger partial charge in [-0.15, -0.1) is 10.2 Å². The van der Waals surface area contributed by atoms with Gasteiger partial charge >= 0.3 is 6.18 Å². The summed E-state index contributed by atoms with van der Waals surface area (Å²) >= 11 is 5.88. The molecular formula is C24H22ClF3N4O2. The van der Waals surface area contributed by atoms with E-state index in [1.54, 1.807) is 7.11 Å². The minimum Gasteiger partial charge on any atom is -0.496 e. The second kappa shape index (κ2) is 8.61. The fraction of sp³-hybridized carbons (Fsp3) is 0.375. The second-order valence-corrected chi connectivity index (χ2v) is 8.82. The summed E-state index contributed by atoms with van der Waals surface area (Å²) in [4.78, 5) is 4.29. The molecule has 0 fully saturated rings. The molecule has 1 aromatic heterocycles. The second-order valence-electron chi connectivity index (χ2n) is 8.38. The van der Waals surface area contributed by atoms with Crippen LogP contribution in [0, 0.1) is 0 Å². The van der Waals surface area contributed by atoms with Crippen LogP contribution in [0.15, 0.2) is 41.4 Å². The molecule has 0 amide bonds. The summed E-state index contributed by atoms with van der Waals surface area (Å²) < 4.78 is 54.6. The molecule has 0 N–H and O–H groups in total. The molecule has 0 radical (unpaired) electrons. The largest absolute Gasteiger partial charge is 0.496 e. The Labute approximate surface area is 199 Å². The Morgan fingerprint density at radius 3 is 2.62 bits per heavy atom. The lowest BCUT2D eigenvalue weighted by Gasteiger charge is -2.26. The van der Waals surface area contributed by atoms with E-state index in [0.717, 1.165) is 17.2 Å². The number of benzene rings is 2. The summed E-state index contributed by atoms with van der Waals surface area (Å²) in [5, 5.41) is 8.74. The average Bonchev–Trinajstić information content (AvgIpc) is 3.44. The summed E-state index contributed by atoms with van der Waals surface area (Å²) in [6.07, 6.45) is -3.49. The zero-order valence-corrected chi connectivity index (χ0v) is 19.3. The van der Waals surface area contributed by atoms with Crippen molar-refractivity contribution in [3.8, 4) is 17.1 Å². The van der Waals surface area contributed by atoms with Crippen LogP contribution in [0.2, 0.25) is 5.02 Å². The van der Waals surface area contributed by atoms with Gasteiger partial charge < -0.3 is 14.0 Å². The van der Waals surface area contributed by atoms with E-state index in [0.29, 0.717) is 49.2 Å². The normalized spacial score (nSPS) is 20.0. The number of methoxy groups -OCH3 is 1. The number of halogens is 4. The molecule has 0 saturated carbocycles. The quantitative estimate of drug-likeness (QED) is 0.447. The van der Waals surface area contributed by atoms with E-state index in [-0.39, 0.29) is 16.7 Å². The number of nitrogens with zero attached hydrogens (tertiary/aromatic N) is 4. The van der Waals surface area contributed by atoms with Gasteiger partial charge in [-0.3, -0.25) is 4.99 Å². The zero-order valence-electron chi connectivity index (χ0n) is 18.6. The van der Waals surface area contributed by atoms with Crippen molar-refractivity contribution in [3.63, 3.8) is 0 Å². The van der Waals surface area contributed by atoms with Gasteiger partial charge in [-0.05, 0) is 36.6 Å². The Balaban J connectivity index is 1.53. The molecule has 2 aliphatic rings. The smallest absolute Gasteiger partial charge is 0.416 e. The number of hydrogen-bond acceptors (Lipinski definition) is 5. The van der Waals surface area contributed by atoms with Gasteiger partial charge in [0, 0.05) is 35.5 Å². The summed E-state index contributed by atoms with van der Waals surface area (Å²) in [5.74, 6) is 1.84. The van der Waals surface area contributed by atoms with Crippen LogP contribution >= 0.6 is 11.6 Å². The van der Waals surface area contributed by atoms with E-state index >= 15 is 0 Å². The van der Waals surface area contributed by atoms with Crippen LogP contribution in [0.1, 0.15) is 54.3 Å². The topological polar surface area (TPSA) is 61.5 Å². The Kier molecular flexibility index (Phi) is 5.75. The van der Waals surface area contributed by atoms with E-state index in [1.807, 2.05) is 29.7 Å². The van der Waals surface area contributed by atoms with Crippen LogP contribution in [0.25, 0.3) is 11.4 Å². The monoisotopic (exact) mass is 490 g/mol. The maximum Gasteiger partial charge on any atom is 0.416 e. The molecule has 178 valence electrons. The van der Waals surface area contributed by atoms with E-state index < -0.39 is 17.7 Å². The van der Waals surface area contributed by atoms with Crippen molar-refractivity contribution < 1.29 is 22.6 Å². The van der Waals surface area contributed by atoms with E-state index in [1.165, 1.54) is 12.1 Å². The van der Waals surface area contributed by atoms with E-state index in [4.69, 9.17) is 21.1 Å². The van der Waals surface area contributed by atoms with Gasteiger partial charge in [-0.25, -0.2) is 0 Å². The molecule has 10 heteroatoms. The minimum absolute atomic E-state index is 0.0491. The third-order valence-electron chi connectivity index (χ3n) is 6.29. The summed E-state index contributed by atoms with van der Waals surface area (Å²) in [7, 11) is 1.58. The number of hydrogen-bond donors (Lipinski definition) is 0. The summed E-state index contributed by atoms with van der Waals surface area (Å²) in [6, 6.07) is 9.59. The lowest BCUT2D eigenvalue weighted by molar-refractivity contribution is -0.138. The first-order valence-corrected chi connectivity index (χ1v) is 11.3. The molecule has 0 bridgehead atoms. The molecule has 0 saturated heterocycles. The minimum atomic E-state index is -4.51. The van der Waals surface area contributed by atoms with Gasteiger partial charge in [-0.1, -0.05) is 29.8 Å². The highest BCUT2D eigenvalue weighted by atomic mass is 35.5. The molecule has 5 rings (SSSR count). The Morgan fingerprint density at radius 1 is 1.12 bits per heavy atom. The summed E-state index contributed by atoms with van der Waals surface area (Å²) in [5.41, 5.74) is 1.07. The zero-order chi connectivity index (χ0) is 24.0. The first kappa shape index (κ1) is 22.7. The van der Waals surface area contributed by atoms with Crippen molar-refractivity contribution in [1.82, 2.24) is 14.8 Å². The summed E-state index contributed by atoms with van der Waals surface area (Å²) in [6.45, 7) is 2.95.